The van der Waals surface area contributed by atoms with Crippen molar-refractivity contribution in [2.24, 2.45) is 0 Å². The van der Waals surface area contributed by atoms with Crippen LogP contribution in [0.15, 0.2) is 85.6 Å². The fraction of sp³-hybridized carbons (Fsp3) is 0.129. The number of pyridine rings is 2. The summed E-state index contributed by atoms with van der Waals surface area (Å²) in [6.45, 7) is 3.80. The number of aromatic nitrogens is 3. The molecular weight excluding hydrogens is 456 g/mol. The number of nitrogens with zero attached hydrogens (tertiary/aromatic N) is 3. The first-order chi connectivity index (χ1) is 18.2. The van der Waals surface area contributed by atoms with Crippen LogP contribution in [0.5, 0.6) is 0 Å². The zero-order valence-electron chi connectivity index (χ0n) is 20.7. The minimum atomic E-state index is 0.503. The van der Waals surface area contributed by atoms with Gasteiger partial charge < -0.3 is 15.6 Å². The van der Waals surface area contributed by atoms with E-state index in [-0.39, 0.29) is 0 Å². The molecule has 0 atom stereocenters. The van der Waals surface area contributed by atoms with Crippen molar-refractivity contribution >= 4 is 34.4 Å². The first-order valence-electron chi connectivity index (χ1n) is 12.3. The van der Waals surface area contributed by atoms with Crippen LogP contribution in [0.4, 0.5) is 11.4 Å². The number of anilines is 2. The van der Waals surface area contributed by atoms with Gasteiger partial charge in [-0.1, -0.05) is 42.5 Å². The molecule has 0 saturated carbocycles. The molecule has 0 fully saturated rings. The topological polar surface area (TPSA) is 89.4 Å². The van der Waals surface area contributed by atoms with E-state index in [1.807, 2.05) is 42.7 Å². The average molecular weight is 485 g/mol. The van der Waals surface area contributed by atoms with Crippen molar-refractivity contribution < 1.29 is 0 Å². The zero-order chi connectivity index (χ0) is 25.5. The van der Waals surface area contributed by atoms with Gasteiger partial charge in [-0.3, -0.25) is 9.97 Å². The highest BCUT2D eigenvalue weighted by molar-refractivity contribution is 5.90. The van der Waals surface area contributed by atoms with Crippen molar-refractivity contribution in [1.82, 2.24) is 20.3 Å². The highest BCUT2D eigenvalue weighted by Crippen LogP contribution is 2.31. The summed E-state index contributed by atoms with van der Waals surface area (Å²) in [7, 11) is 0. The van der Waals surface area contributed by atoms with Gasteiger partial charge in [0, 0.05) is 59.7 Å². The highest BCUT2D eigenvalue weighted by Gasteiger charge is 2.11. The molecule has 0 aliphatic rings. The molecule has 2 aromatic carbocycles. The lowest BCUT2D eigenvalue weighted by Crippen LogP contribution is -2.16. The molecule has 0 amide bonds. The molecule has 6 nitrogen and oxygen atoms in total. The Balaban J connectivity index is 1.27. The molecule has 0 spiro atoms. The van der Waals surface area contributed by atoms with Crippen molar-refractivity contribution in [2.75, 3.05) is 11.9 Å². The van der Waals surface area contributed by atoms with Gasteiger partial charge in [0.05, 0.1) is 11.3 Å². The summed E-state index contributed by atoms with van der Waals surface area (Å²) in [6.07, 6.45) is 14.0. The first-order valence-corrected chi connectivity index (χ1v) is 12.3. The SMILES string of the molecule is Cc1c(Nc2c(C#N)cncc2/C=C/c2ccc(CNCCc3cccnc3)cc2)ccc2[nH]ccc12. The van der Waals surface area contributed by atoms with Gasteiger partial charge in [-0.15, -0.1) is 0 Å². The molecule has 37 heavy (non-hydrogen) atoms. The van der Waals surface area contributed by atoms with Gasteiger partial charge in [0.25, 0.3) is 0 Å². The molecule has 0 saturated heterocycles. The summed E-state index contributed by atoms with van der Waals surface area (Å²) in [5, 5.41) is 17.9. The van der Waals surface area contributed by atoms with Crippen molar-refractivity contribution in [1.29, 1.82) is 5.26 Å². The molecule has 5 aromatic rings. The van der Waals surface area contributed by atoms with E-state index in [2.05, 4.69) is 75.0 Å². The third-order valence-corrected chi connectivity index (χ3v) is 6.44. The second-order valence-electron chi connectivity index (χ2n) is 8.93. The predicted octanol–water partition coefficient (Wildman–Crippen LogP) is 6.38. The number of hydrogen-bond acceptors (Lipinski definition) is 5. The van der Waals surface area contributed by atoms with Gasteiger partial charge in [0.15, 0.2) is 0 Å². The molecule has 0 bridgehead atoms. The van der Waals surface area contributed by atoms with Crippen LogP contribution in [0.1, 0.15) is 33.4 Å². The Hall–Kier alpha value is -4.73. The number of benzene rings is 2. The number of fused-ring (bicyclic) bond motifs is 1. The van der Waals surface area contributed by atoms with Crippen LogP contribution in [-0.4, -0.2) is 21.5 Å². The highest BCUT2D eigenvalue weighted by atomic mass is 14.9. The van der Waals surface area contributed by atoms with Crippen LogP contribution >= 0.6 is 0 Å². The quantitative estimate of drug-likeness (QED) is 0.211. The number of hydrogen-bond donors (Lipinski definition) is 3. The minimum absolute atomic E-state index is 0.503. The normalized spacial score (nSPS) is 11.1. The molecule has 0 radical (unpaired) electrons. The fourth-order valence-corrected chi connectivity index (χ4v) is 4.33. The van der Waals surface area contributed by atoms with Crippen molar-refractivity contribution in [3.8, 4) is 6.07 Å². The van der Waals surface area contributed by atoms with Crippen LogP contribution in [-0.2, 0) is 13.0 Å². The van der Waals surface area contributed by atoms with Crippen LogP contribution in [0.2, 0.25) is 0 Å². The molecule has 5 rings (SSSR count). The maximum Gasteiger partial charge on any atom is 0.103 e. The summed E-state index contributed by atoms with van der Waals surface area (Å²) in [5.41, 5.74) is 8.83. The lowest BCUT2D eigenvalue weighted by molar-refractivity contribution is 0.686. The van der Waals surface area contributed by atoms with Crippen LogP contribution in [0, 0.1) is 18.3 Å². The van der Waals surface area contributed by atoms with Gasteiger partial charge in [0.1, 0.15) is 6.07 Å². The Labute approximate surface area is 216 Å². The summed E-state index contributed by atoms with van der Waals surface area (Å²) < 4.78 is 0. The van der Waals surface area contributed by atoms with Gasteiger partial charge in [0.2, 0.25) is 0 Å². The minimum Gasteiger partial charge on any atom is -0.361 e. The van der Waals surface area contributed by atoms with Crippen LogP contribution in [0.3, 0.4) is 0 Å². The van der Waals surface area contributed by atoms with Gasteiger partial charge in [-0.05, 0) is 66.4 Å². The summed E-state index contributed by atoms with van der Waals surface area (Å²) >= 11 is 0. The average Bonchev–Trinajstić information content (AvgIpc) is 3.43. The zero-order valence-corrected chi connectivity index (χ0v) is 20.7. The van der Waals surface area contributed by atoms with Gasteiger partial charge in [-0.25, -0.2) is 0 Å². The summed E-state index contributed by atoms with van der Waals surface area (Å²) in [6, 6.07) is 21.0. The molecule has 0 unspecified atom stereocenters. The Morgan fingerprint density at radius 3 is 2.65 bits per heavy atom. The number of H-pyrrole nitrogens is 1. The Kier molecular flexibility index (Phi) is 7.35. The number of nitriles is 1. The predicted molar refractivity (Wildman–Crippen MR) is 150 cm³/mol. The standard InChI is InChI=1S/C31H28N6/c1-22-28-13-16-36-30(28)11-10-29(22)37-31-26(20-35-21-27(31)17-32)9-8-23-4-6-25(7-5-23)19-34-15-12-24-3-2-14-33-18-24/h2-11,13-14,16,18,20-21,34,36H,12,15,19H2,1H3,(H,35,37)/b9-8+. The molecule has 3 N–H and O–H groups in total. The van der Waals surface area contributed by atoms with Gasteiger partial charge in [-0.2, -0.15) is 5.26 Å². The number of aromatic amines is 1. The van der Waals surface area contributed by atoms with Crippen LogP contribution < -0.4 is 10.6 Å². The molecule has 3 aromatic heterocycles. The van der Waals surface area contributed by atoms with Crippen molar-refractivity contribution in [3.63, 3.8) is 0 Å². The maximum absolute atomic E-state index is 9.73. The van der Waals surface area contributed by atoms with E-state index in [4.69, 9.17) is 0 Å². The number of rotatable bonds is 9. The first kappa shape index (κ1) is 24.0. The lowest BCUT2D eigenvalue weighted by Gasteiger charge is -2.14. The Bertz CT molecular complexity index is 1560. The smallest absolute Gasteiger partial charge is 0.103 e. The van der Waals surface area contributed by atoms with E-state index in [1.165, 1.54) is 11.1 Å². The number of aryl methyl sites for hydroxylation is 1. The lowest BCUT2D eigenvalue weighted by atomic mass is 10.1. The van der Waals surface area contributed by atoms with Crippen molar-refractivity contribution in [3.05, 3.63) is 119 Å². The maximum atomic E-state index is 9.73. The van der Waals surface area contributed by atoms with E-state index in [9.17, 15) is 5.26 Å². The van der Waals surface area contributed by atoms with E-state index < -0.39 is 0 Å². The summed E-state index contributed by atoms with van der Waals surface area (Å²) in [5.74, 6) is 0. The Morgan fingerprint density at radius 1 is 0.946 bits per heavy atom. The second-order valence-corrected chi connectivity index (χ2v) is 8.93. The van der Waals surface area contributed by atoms with Crippen molar-refractivity contribution in [2.45, 2.75) is 19.9 Å². The number of nitrogens with one attached hydrogen (secondary N) is 3. The van der Waals surface area contributed by atoms with E-state index >= 15 is 0 Å². The van der Waals surface area contributed by atoms with Crippen LogP contribution in [0.25, 0.3) is 23.1 Å². The fourth-order valence-electron chi connectivity index (χ4n) is 4.33. The molecule has 0 aliphatic carbocycles. The molecule has 6 heteroatoms. The third kappa shape index (κ3) is 5.75. The largest absolute Gasteiger partial charge is 0.361 e. The molecular formula is C31H28N6. The van der Waals surface area contributed by atoms with Gasteiger partial charge >= 0.3 is 0 Å². The van der Waals surface area contributed by atoms with E-state index in [0.717, 1.165) is 58.5 Å². The van der Waals surface area contributed by atoms with E-state index in [1.54, 1.807) is 18.6 Å². The molecule has 0 aliphatic heterocycles. The third-order valence-electron chi connectivity index (χ3n) is 6.44. The summed E-state index contributed by atoms with van der Waals surface area (Å²) in [4.78, 5) is 11.7. The molecule has 3 heterocycles. The monoisotopic (exact) mass is 484 g/mol. The Morgan fingerprint density at radius 2 is 1.84 bits per heavy atom. The van der Waals surface area contributed by atoms with E-state index in [0.29, 0.717) is 5.56 Å². The molecule has 182 valence electrons. The second kappa shape index (κ2) is 11.3.